The number of fused-ring (bicyclic) bond motifs is 1. The Hall–Kier alpha value is -3.41. The van der Waals surface area contributed by atoms with Crippen LogP contribution in [-0.2, 0) is 0 Å². The maximum atomic E-state index is 12.9. The molecule has 2 aromatic carbocycles. The van der Waals surface area contributed by atoms with Crippen LogP contribution in [0.4, 0.5) is 0 Å². The van der Waals surface area contributed by atoms with Crippen LogP contribution in [0, 0.1) is 0 Å². The molecule has 1 aliphatic rings. The Kier molecular flexibility index (Phi) is 5.55. The Morgan fingerprint density at radius 1 is 1.03 bits per heavy atom. The average molecular weight is 396 g/mol. The van der Waals surface area contributed by atoms with Gasteiger partial charge in [0.15, 0.2) is 5.78 Å². The molecule has 6 heteroatoms. The van der Waals surface area contributed by atoms with E-state index in [9.17, 15) is 9.90 Å². The minimum absolute atomic E-state index is 0.0744. The van der Waals surface area contributed by atoms with Crippen LogP contribution in [0.5, 0.6) is 28.7 Å². The van der Waals surface area contributed by atoms with Crippen molar-refractivity contribution in [2.24, 2.45) is 0 Å². The number of rotatable bonds is 6. The molecule has 0 aliphatic carbocycles. The third kappa shape index (κ3) is 4.21. The molecule has 29 heavy (non-hydrogen) atoms. The minimum atomic E-state index is -0.513. The number of ketones is 1. The van der Waals surface area contributed by atoms with Crippen molar-refractivity contribution in [3.05, 3.63) is 53.1 Å². The summed E-state index contributed by atoms with van der Waals surface area (Å²) in [4.78, 5) is 12.9. The Labute approximate surface area is 170 Å². The van der Waals surface area contributed by atoms with Crippen molar-refractivity contribution in [1.82, 2.24) is 0 Å². The Morgan fingerprint density at radius 2 is 1.69 bits per heavy atom. The van der Waals surface area contributed by atoms with Crippen molar-refractivity contribution in [2.45, 2.75) is 19.4 Å². The lowest BCUT2D eigenvalue weighted by Gasteiger charge is -2.29. The molecule has 0 aromatic heterocycles. The summed E-state index contributed by atoms with van der Waals surface area (Å²) in [6.07, 6.45) is 6.58. The zero-order valence-electron chi connectivity index (χ0n) is 17.1. The normalized spacial score (nSPS) is 14.2. The number of benzene rings is 2. The summed E-state index contributed by atoms with van der Waals surface area (Å²) in [5.74, 6) is 1.34. The number of phenols is 1. The second-order valence-electron chi connectivity index (χ2n) is 7.10. The fourth-order valence-corrected chi connectivity index (χ4v) is 3.06. The third-order valence-electron chi connectivity index (χ3n) is 4.56. The van der Waals surface area contributed by atoms with E-state index in [2.05, 4.69) is 0 Å². The summed E-state index contributed by atoms with van der Waals surface area (Å²) >= 11 is 0. The number of carbonyl (C=O) groups is 1. The fraction of sp³-hybridized carbons (Fsp3) is 0.261. The lowest BCUT2D eigenvalue weighted by Crippen LogP contribution is -2.27. The first-order valence-electron chi connectivity index (χ1n) is 9.05. The molecule has 0 fully saturated rings. The van der Waals surface area contributed by atoms with Crippen molar-refractivity contribution in [2.75, 3.05) is 21.3 Å². The van der Waals surface area contributed by atoms with Crippen LogP contribution in [0.1, 0.15) is 35.3 Å². The van der Waals surface area contributed by atoms with E-state index in [0.717, 1.165) is 5.56 Å². The van der Waals surface area contributed by atoms with E-state index < -0.39 is 11.4 Å². The smallest absolute Gasteiger partial charge is 0.193 e. The predicted octanol–water partition coefficient (Wildman–Crippen LogP) is 4.50. The number of carbonyl (C=O) groups excluding carboxylic acids is 1. The van der Waals surface area contributed by atoms with Gasteiger partial charge in [-0.2, -0.15) is 0 Å². The van der Waals surface area contributed by atoms with Gasteiger partial charge in [-0.1, -0.05) is 6.08 Å². The molecule has 0 radical (unpaired) electrons. The highest BCUT2D eigenvalue weighted by Crippen LogP contribution is 2.43. The first kappa shape index (κ1) is 20.3. The molecule has 0 bridgehead atoms. The second-order valence-corrected chi connectivity index (χ2v) is 7.10. The highest BCUT2D eigenvalue weighted by Gasteiger charge is 2.28. The van der Waals surface area contributed by atoms with Gasteiger partial charge in [-0.3, -0.25) is 4.79 Å². The predicted molar refractivity (Wildman–Crippen MR) is 111 cm³/mol. The van der Waals surface area contributed by atoms with Gasteiger partial charge in [-0.25, -0.2) is 0 Å². The standard InChI is InChI=1S/C23H24O6/c1-23(2)9-8-17-19(29-23)13-20(28-5)21(22(17)25)18(24)7-6-14-10-15(26-3)12-16(11-14)27-4/h6-13,25H,1-5H3/b7-6+. The zero-order valence-corrected chi connectivity index (χ0v) is 17.1. The van der Waals surface area contributed by atoms with Gasteiger partial charge in [0.25, 0.3) is 0 Å². The molecule has 2 aromatic rings. The molecular weight excluding hydrogens is 372 g/mol. The van der Waals surface area contributed by atoms with Gasteiger partial charge in [-0.05, 0) is 49.8 Å². The number of ether oxygens (including phenoxy) is 4. The highest BCUT2D eigenvalue weighted by atomic mass is 16.5. The number of aromatic hydroxyl groups is 1. The molecular formula is C23H24O6. The van der Waals surface area contributed by atoms with Gasteiger partial charge >= 0.3 is 0 Å². The summed E-state index contributed by atoms with van der Waals surface area (Å²) in [6, 6.07) is 6.91. The summed E-state index contributed by atoms with van der Waals surface area (Å²) in [7, 11) is 4.55. The Morgan fingerprint density at radius 3 is 2.28 bits per heavy atom. The first-order valence-corrected chi connectivity index (χ1v) is 9.05. The maximum absolute atomic E-state index is 12.9. The van der Waals surface area contributed by atoms with Crippen molar-refractivity contribution >= 4 is 17.9 Å². The number of methoxy groups -OCH3 is 3. The van der Waals surface area contributed by atoms with E-state index in [1.807, 2.05) is 19.9 Å². The van der Waals surface area contributed by atoms with Gasteiger partial charge < -0.3 is 24.1 Å². The first-order chi connectivity index (χ1) is 13.8. The summed E-state index contributed by atoms with van der Waals surface area (Å²) in [5.41, 5.74) is 0.729. The molecule has 0 saturated heterocycles. The molecule has 0 unspecified atom stereocenters. The molecule has 0 atom stereocenters. The number of hydrogen-bond donors (Lipinski definition) is 1. The SMILES string of the molecule is COc1cc(/C=C/C(=O)c2c(OC)cc3c(c2O)C=CC(C)(C)O3)cc(OC)c1. The van der Waals surface area contributed by atoms with Crippen molar-refractivity contribution in [3.63, 3.8) is 0 Å². The molecule has 3 rings (SSSR count). The van der Waals surface area contributed by atoms with Gasteiger partial charge in [0, 0.05) is 12.1 Å². The Bertz CT molecular complexity index is 979. The van der Waals surface area contributed by atoms with E-state index in [4.69, 9.17) is 18.9 Å². The summed E-state index contributed by atoms with van der Waals surface area (Å²) in [6.45, 7) is 3.81. The van der Waals surface area contributed by atoms with E-state index in [0.29, 0.717) is 22.8 Å². The van der Waals surface area contributed by atoms with Crippen molar-refractivity contribution < 1.29 is 28.8 Å². The van der Waals surface area contributed by atoms with Crippen LogP contribution in [0.3, 0.4) is 0 Å². The van der Waals surface area contributed by atoms with Crippen LogP contribution in [0.15, 0.2) is 36.4 Å². The molecule has 6 nitrogen and oxygen atoms in total. The topological polar surface area (TPSA) is 74.2 Å². The maximum Gasteiger partial charge on any atom is 0.193 e. The number of allylic oxidation sites excluding steroid dienone is 1. The van der Waals surface area contributed by atoms with E-state index in [1.54, 1.807) is 50.6 Å². The van der Waals surface area contributed by atoms with E-state index in [1.165, 1.54) is 13.2 Å². The van der Waals surface area contributed by atoms with Crippen LogP contribution in [0.2, 0.25) is 0 Å². The van der Waals surface area contributed by atoms with Crippen LogP contribution < -0.4 is 18.9 Å². The average Bonchev–Trinajstić information content (AvgIpc) is 2.70. The Balaban J connectivity index is 1.99. The largest absolute Gasteiger partial charge is 0.506 e. The number of phenolic OH excluding ortho intramolecular Hbond substituents is 1. The molecule has 0 spiro atoms. The van der Waals surface area contributed by atoms with Crippen molar-refractivity contribution in [1.29, 1.82) is 0 Å². The highest BCUT2D eigenvalue weighted by molar-refractivity contribution is 6.11. The lowest BCUT2D eigenvalue weighted by molar-refractivity contribution is 0.104. The van der Waals surface area contributed by atoms with Gasteiger partial charge in [0.2, 0.25) is 0 Å². The second kappa shape index (κ2) is 7.91. The molecule has 1 aliphatic heterocycles. The van der Waals surface area contributed by atoms with Gasteiger partial charge in [0.05, 0.1) is 26.9 Å². The summed E-state index contributed by atoms with van der Waals surface area (Å²) < 4.78 is 21.7. The minimum Gasteiger partial charge on any atom is -0.506 e. The fourth-order valence-electron chi connectivity index (χ4n) is 3.06. The molecule has 152 valence electrons. The molecule has 1 heterocycles. The van der Waals surface area contributed by atoms with Crippen LogP contribution >= 0.6 is 0 Å². The van der Waals surface area contributed by atoms with Gasteiger partial charge in [-0.15, -0.1) is 0 Å². The van der Waals surface area contributed by atoms with Gasteiger partial charge in [0.1, 0.15) is 39.9 Å². The lowest BCUT2D eigenvalue weighted by atomic mass is 9.97. The molecule has 0 amide bonds. The number of hydrogen-bond acceptors (Lipinski definition) is 6. The monoisotopic (exact) mass is 396 g/mol. The quantitative estimate of drug-likeness (QED) is 0.573. The molecule has 1 N–H and O–H groups in total. The van der Waals surface area contributed by atoms with E-state index >= 15 is 0 Å². The van der Waals surface area contributed by atoms with Crippen molar-refractivity contribution in [3.8, 4) is 28.7 Å². The third-order valence-corrected chi connectivity index (χ3v) is 4.56. The summed E-state index contributed by atoms with van der Waals surface area (Å²) in [5, 5.41) is 10.7. The van der Waals surface area contributed by atoms with E-state index in [-0.39, 0.29) is 17.1 Å². The van der Waals surface area contributed by atoms with Crippen LogP contribution in [-0.4, -0.2) is 37.8 Å². The zero-order chi connectivity index (χ0) is 21.2. The van der Waals surface area contributed by atoms with Crippen LogP contribution in [0.25, 0.3) is 12.2 Å². The molecule has 0 saturated carbocycles.